The van der Waals surface area contributed by atoms with E-state index in [1.807, 2.05) is 0 Å². The molecule has 1 amide bonds. The number of rotatable bonds is 5. The number of hydrogen-bond donors (Lipinski definition) is 1. The van der Waals surface area contributed by atoms with Crippen LogP contribution in [0.5, 0.6) is 0 Å². The molecule has 0 unspecified atom stereocenters. The van der Waals surface area contributed by atoms with Crippen molar-refractivity contribution in [3.63, 3.8) is 0 Å². The number of nitrogens with one attached hydrogen (secondary N) is 1. The van der Waals surface area contributed by atoms with Crippen molar-refractivity contribution >= 4 is 23.5 Å². The van der Waals surface area contributed by atoms with Gasteiger partial charge in [-0.3, -0.25) is 25.0 Å². The van der Waals surface area contributed by atoms with Crippen molar-refractivity contribution in [2.45, 2.75) is 0 Å². The van der Waals surface area contributed by atoms with Crippen molar-refractivity contribution in [3.05, 3.63) is 79.9 Å². The molecule has 1 N–H and O–H groups in total. The molecule has 0 saturated carbocycles. The van der Waals surface area contributed by atoms with Crippen molar-refractivity contribution in [2.24, 2.45) is 5.10 Å². The lowest BCUT2D eigenvalue weighted by atomic mass is 10.2. The zero-order chi connectivity index (χ0) is 16.8. The van der Waals surface area contributed by atoms with E-state index in [9.17, 15) is 25.0 Å². The second-order valence-corrected chi connectivity index (χ2v) is 4.35. The van der Waals surface area contributed by atoms with Crippen LogP contribution in [0, 0.1) is 20.2 Å². The van der Waals surface area contributed by atoms with Crippen LogP contribution in [0.3, 0.4) is 0 Å². The fourth-order valence-electron chi connectivity index (χ4n) is 1.65. The smallest absolute Gasteiger partial charge is 0.267 e. The number of nitrogens with zero attached hydrogens (tertiary/aromatic N) is 3. The van der Waals surface area contributed by atoms with Gasteiger partial charge >= 0.3 is 0 Å². The highest BCUT2D eigenvalue weighted by atomic mass is 16.6. The van der Waals surface area contributed by atoms with Gasteiger partial charge in [-0.2, -0.15) is 5.10 Å². The fourth-order valence-corrected chi connectivity index (χ4v) is 1.65. The third kappa shape index (κ3) is 4.17. The molecule has 2 aromatic carbocycles. The van der Waals surface area contributed by atoms with E-state index in [0.717, 1.165) is 0 Å². The Morgan fingerprint density at radius 2 is 1.39 bits per heavy atom. The minimum absolute atomic E-state index is 0.0444. The molecule has 0 fully saturated rings. The Morgan fingerprint density at radius 3 is 1.87 bits per heavy atom. The molecule has 0 aliphatic carbocycles. The van der Waals surface area contributed by atoms with Crippen LogP contribution >= 0.6 is 0 Å². The van der Waals surface area contributed by atoms with Gasteiger partial charge in [0.05, 0.1) is 16.1 Å². The molecule has 0 aliphatic heterocycles. The maximum atomic E-state index is 11.8. The molecule has 0 radical (unpaired) electrons. The number of hydrogen-bond acceptors (Lipinski definition) is 6. The van der Waals surface area contributed by atoms with Crippen LogP contribution in [0.2, 0.25) is 0 Å². The van der Waals surface area contributed by atoms with Gasteiger partial charge in [-0.1, -0.05) is 0 Å². The minimum Gasteiger partial charge on any atom is -0.267 e. The van der Waals surface area contributed by atoms with Gasteiger partial charge in [0.25, 0.3) is 17.3 Å². The summed E-state index contributed by atoms with van der Waals surface area (Å²) in [6.45, 7) is 0. The Labute approximate surface area is 129 Å². The van der Waals surface area contributed by atoms with Crippen molar-refractivity contribution < 1.29 is 14.6 Å². The average Bonchev–Trinajstić information content (AvgIpc) is 2.55. The summed E-state index contributed by atoms with van der Waals surface area (Å²) in [4.78, 5) is 31.7. The average molecular weight is 314 g/mol. The maximum Gasteiger partial charge on any atom is 0.271 e. The van der Waals surface area contributed by atoms with E-state index in [1.54, 1.807) is 0 Å². The van der Waals surface area contributed by atoms with E-state index in [1.165, 1.54) is 54.7 Å². The lowest BCUT2D eigenvalue weighted by molar-refractivity contribution is -0.385. The van der Waals surface area contributed by atoms with Crippen LogP contribution in [0.1, 0.15) is 15.9 Å². The Hall–Kier alpha value is -3.62. The summed E-state index contributed by atoms with van der Waals surface area (Å²) >= 11 is 0. The summed E-state index contributed by atoms with van der Waals surface area (Å²) in [5, 5.41) is 24.7. The van der Waals surface area contributed by atoms with Crippen LogP contribution in [0.4, 0.5) is 11.4 Å². The van der Waals surface area contributed by atoms with Gasteiger partial charge in [0.1, 0.15) is 0 Å². The monoisotopic (exact) mass is 314 g/mol. The highest BCUT2D eigenvalue weighted by Crippen LogP contribution is 2.12. The molecule has 2 aromatic rings. The van der Waals surface area contributed by atoms with E-state index in [4.69, 9.17) is 0 Å². The first-order valence-electron chi connectivity index (χ1n) is 6.29. The first-order chi connectivity index (χ1) is 11.0. The van der Waals surface area contributed by atoms with E-state index in [0.29, 0.717) is 5.56 Å². The number of carbonyl (C=O) groups excluding carboxylic acids is 1. The highest BCUT2D eigenvalue weighted by Gasteiger charge is 2.08. The topological polar surface area (TPSA) is 128 Å². The third-order valence-electron chi connectivity index (χ3n) is 2.82. The molecule has 0 aliphatic rings. The predicted molar refractivity (Wildman–Crippen MR) is 81.3 cm³/mol. The number of hydrazone groups is 1. The van der Waals surface area contributed by atoms with E-state index in [2.05, 4.69) is 10.5 Å². The number of amides is 1. The lowest BCUT2D eigenvalue weighted by Crippen LogP contribution is -2.17. The summed E-state index contributed by atoms with van der Waals surface area (Å²) < 4.78 is 0. The SMILES string of the molecule is O=C(N/N=C\c1ccc([N+](=O)[O-])cc1)c1ccc([N+](=O)[O-])cc1. The summed E-state index contributed by atoms with van der Waals surface area (Å²) in [6, 6.07) is 10.7. The van der Waals surface area contributed by atoms with Gasteiger partial charge in [-0.05, 0) is 29.8 Å². The number of nitro groups is 2. The summed E-state index contributed by atoms with van der Waals surface area (Å²) in [5.74, 6) is -0.530. The molecule has 0 saturated heterocycles. The number of benzene rings is 2. The van der Waals surface area contributed by atoms with Gasteiger partial charge < -0.3 is 0 Å². The molecule has 2 rings (SSSR count). The van der Waals surface area contributed by atoms with E-state index < -0.39 is 15.8 Å². The van der Waals surface area contributed by atoms with Crippen LogP contribution in [-0.4, -0.2) is 22.0 Å². The van der Waals surface area contributed by atoms with Crippen LogP contribution in [0.25, 0.3) is 0 Å². The zero-order valence-corrected chi connectivity index (χ0v) is 11.6. The van der Waals surface area contributed by atoms with E-state index in [-0.39, 0.29) is 16.9 Å². The molecule has 116 valence electrons. The van der Waals surface area contributed by atoms with Gasteiger partial charge in [-0.15, -0.1) is 0 Å². The summed E-state index contributed by atoms with van der Waals surface area (Å²) in [7, 11) is 0. The molecule has 0 aromatic heterocycles. The standard InChI is InChI=1S/C14H10N4O5/c19-14(11-3-7-13(8-4-11)18(22)23)16-15-9-10-1-5-12(6-2-10)17(20)21/h1-9H,(H,16,19)/b15-9-. The number of carbonyl (C=O) groups is 1. The number of nitro benzene ring substituents is 2. The minimum atomic E-state index is -0.561. The summed E-state index contributed by atoms with van der Waals surface area (Å²) in [6.07, 6.45) is 1.33. The van der Waals surface area contributed by atoms with Gasteiger partial charge in [0.15, 0.2) is 0 Å². The van der Waals surface area contributed by atoms with Crippen LogP contribution in [-0.2, 0) is 0 Å². The fraction of sp³-hybridized carbons (Fsp3) is 0. The number of non-ortho nitro benzene ring substituents is 2. The first-order valence-corrected chi connectivity index (χ1v) is 6.29. The lowest BCUT2D eigenvalue weighted by Gasteiger charge is -1.99. The Morgan fingerprint density at radius 1 is 0.913 bits per heavy atom. The van der Waals surface area contributed by atoms with Crippen LogP contribution < -0.4 is 5.43 Å². The molecule has 9 heteroatoms. The Kier molecular flexibility index (Phi) is 4.72. The molecule has 0 bridgehead atoms. The zero-order valence-electron chi connectivity index (χ0n) is 11.6. The third-order valence-corrected chi connectivity index (χ3v) is 2.82. The van der Waals surface area contributed by atoms with Crippen molar-refractivity contribution in [1.29, 1.82) is 0 Å². The summed E-state index contributed by atoms with van der Waals surface area (Å²) in [5.41, 5.74) is 2.89. The molecule has 0 spiro atoms. The van der Waals surface area contributed by atoms with Crippen molar-refractivity contribution in [1.82, 2.24) is 5.43 Å². The van der Waals surface area contributed by atoms with E-state index >= 15 is 0 Å². The second-order valence-electron chi connectivity index (χ2n) is 4.35. The quantitative estimate of drug-likeness (QED) is 0.514. The van der Waals surface area contributed by atoms with Crippen molar-refractivity contribution in [2.75, 3.05) is 0 Å². The Bertz CT molecular complexity index is 769. The largest absolute Gasteiger partial charge is 0.271 e. The predicted octanol–water partition coefficient (Wildman–Crippen LogP) is 2.27. The van der Waals surface area contributed by atoms with Crippen molar-refractivity contribution in [3.8, 4) is 0 Å². The molecule has 0 heterocycles. The molecular weight excluding hydrogens is 304 g/mol. The molecule has 23 heavy (non-hydrogen) atoms. The normalized spacial score (nSPS) is 10.4. The molecular formula is C14H10N4O5. The highest BCUT2D eigenvalue weighted by molar-refractivity contribution is 5.95. The van der Waals surface area contributed by atoms with Crippen LogP contribution in [0.15, 0.2) is 53.6 Å². The molecule has 0 atom stereocenters. The maximum absolute atomic E-state index is 11.8. The van der Waals surface area contributed by atoms with Gasteiger partial charge in [0.2, 0.25) is 0 Å². The van der Waals surface area contributed by atoms with Gasteiger partial charge in [-0.25, -0.2) is 5.43 Å². The second kappa shape index (κ2) is 6.89. The van der Waals surface area contributed by atoms with Gasteiger partial charge in [0, 0.05) is 29.8 Å². The Balaban J connectivity index is 1.97. The molecule has 9 nitrogen and oxygen atoms in total. The first kappa shape index (κ1) is 15.8.